The summed E-state index contributed by atoms with van der Waals surface area (Å²) in [5.74, 6) is -3.81. The molecule has 5 heteroatoms. The van der Waals surface area contributed by atoms with Crippen LogP contribution in [0.15, 0.2) is 0 Å². The summed E-state index contributed by atoms with van der Waals surface area (Å²) < 4.78 is 5.26. The molecule has 13 heavy (non-hydrogen) atoms. The van der Waals surface area contributed by atoms with Gasteiger partial charge in [-0.1, -0.05) is 0 Å². The van der Waals surface area contributed by atoms with E-state index in [4.69, 9.17) is 14.9 Å². The van der Waals surface area contributed by atoms with Crippen molar-refractivity contribution in [2.24, 2.45) is 11.8 Å². The lowest BCUT2D eigenvalue weighted by Gasteiger charge is -2.20. The summed E-state index contributed by atoms with van der Waals surface area (Å²) in [6.45, 7) is 0. The predicted molar refractivity (Wildman–Crippen MR) is 40.1 cm³/mol. The van der Waals surface area contributed by atoms with Gasteiger partial charge in [0.25, 0.3) is 0 Å². The van der Waals surface area contributed by atoms with E-state index in [1.54, 1.807) is 0 Å². The Balaban J connectivity index is 2.24. The fourth-order valence-electron chi connectivity index (χ4n) is 2.31. The number of aliphatic carboxylic acids is 2. The van der Waals surface area contributed by atoms with E-state index < -0.39 is 23.8 Å². The summed E-state index contributed by atoms with van der Waals surface area (Å²) in [5.41, 5.74) is 0. The van der Waals surface area contributed by atoms with Gasteiger partial charge in [-0.15, -0.1) is 0 Å². The van der Waals surface area contributed by atoms with Crippen molar-refractivity contribution >= 4 is 11.9 Å². The minimum atomic E-state index is -1.06. The largest absolute Gasteiger partial charge is 0.481 e. The van der Waals surface area contributed by atoms with Gasteiger partial charge in [-0.05, 0) is 12.8 Å². The second kappa shape index (κ2) is 2.70. The number of ether oxygens (including phenoxy) is 1. The minimum absolute atomic E-state index is 0.386. The molecule has 5 nitrogen and oxygen atoms in total. The molecule has 0 spiro atoms. The Morgan fingerprint density at radius 2 is 1.38 bits per heavy atom. The Morgan fingerprint density at radius 3 is 1.69 bits per heavy atom. The lowest BCUT2D eigenvalue weighted by Crippen LogP contribution is -2.38. The number of carbonyl (C=O) groups is 2. The average Bonchev–Trinajstić information content (AvgIpc) is 2.60. The summed E-state index contributed by atoms with van der Waals surface area (Å²) in [7, 11) is 0. The quantitative estimate of drug-likeness (QED) is 0.631. The van der Waals surface area contributed by atoms with Crippen molar-refractivity contribution in [1.29, 1.82) is 0 Å². The molecule has 0 radical (unpaired) electrons. The molecule has 2 unspecified atom stereocenters. The third-order valence-corrected chi connectivity index (χ3v) is 2.84. The SMILES string of the molecule is O=C(O)[C@@H]1C2CCC(O2)[C@@H]1C(=O)O. The first-order valence-electron chi connectivity index (χ1n) is 4.22. The van der Waals surface area contributed by atoms with E-state index in [0.717, 1.165) is 0 Å². The highest BCUT2D eigenvalue weighted by Crippen LogP contribution is 2.43. The van der Waals surface area contributed by atoms with Crippen LogP contribution in [0.25, 0.3) is 0 Å². The van der Waals surface area contributed by atoms with E-state index in [2.05, 4.69) is 0 Å². The molecule has 2 aliphatic rings. The van der Waals surface area contributed by atoms with Crippen LogP contribution in [0.3, 0.4) is 0 Å². The Bertz CT molecular complexity index is 235. The van der Waals surface area contributed by atoms with Crippen LogP contribution in [0.4, 0.5) is 0 Å². The minimum Gasteiger partial charge on any atom is -0.481 e. The van der Waals surface area contributed by atoms with Gasteiger partial charge < -0.3 is 14.9 Å². The van der Waals surface area contributed by atoms with Crippen molar-refractivity contribution in [1.82, 2.24) is 0 Å². The van der Waals surface area contributed by atoms with Crippen molar-refractivity contribution in [2.45, 2.75) is 25.0 Å². The third kappa shape index (κ3) is 1.11. The van der Waals surface area contributed by atoms with Gasteiger partial charge >= 0.3 is 11.9 Å². The molecule has 2 aliphatic heterocycles. The highest BCUT2D eigenvalue weighted by Gasteiger charge is 2.55. The summed E-state index contributed by atoms with van der Waals surface area (Å²) in [6.07, 6.45) is 0.573. The van der Waals surface area contributed by atoms with Gasteiger partial charge in [-0.2, -0.15) is 0 Å². The number of fused-ring (bicyclic) bond motifs is 2. The topological polar surface area (TPSA) is 83.8 Å². The Kier molecular flexibility index (Phi) is 1.76. The van der Waals surface area contributed by atoms with Gasteiger partial charge in [-0.3, -0.25) is 9.59 Å². The Labute approximate surface area is 74.3 Å². The number of carboxylic acids is 2. The molecule has 2 N–H and O–H groups in total. The molecule has 2 heterocycles. The van der Waals surface area contributed by atoms with Gasteiger partial charge in [0.15, 0.2) is 0 Å². The van der Waals surface area contributed by atoms with Crippen LogP contribution in [0.1, 0.15) is 12.8 Å². The highest BCUT2D eigenvalue weighted by molar-refractivity contribution is 5.82. The second-order valence-electron chi connectivity index (χ2n) is 3.52. The number of hydrogen-bond donors (Lipinski definition) is 2. The molecule has 0 saturated carbocycles. The van der Waals surface area contributed by atoms with E-state index in [0.29, 0.717) is 12.8 Å². The lowest BCUT2D eigenvalue weighted by atomic mass is 9.79. The second-order valence-corrected chi connectivity index (χ2v) is 3.52. The van der Waals surface area contributed by atoms with Crippen LogP contribution < -0.4 is 0 Å². The van der Waals surface area contributed by atoms with E-state index in [9.17, 15) is 9.59 Å². The van der Waals surface area contributed by atoms with Crippen LogP contribution in [-0.4, -0.2) is 34.4 Å². The molecule has 2 saturated heterocycles. The maximum absolute atomic E-state index is 10.8. The standard InChI is InChI=1S/C8H10O5/c9-7(10)5-3-1-2-4(13-3)6(5)8(11)12/h3-6H,1-2H2,(H,9,10)(H,11,12)/t3?,4?,5-,6+. The van der Waals surface area contributed by atoms with Crippen molar-refractivity contribution in [2.75, 3.05) is 0 Å². The van der Waals surface area contributed by atoms with E-state index >= 15 is 0 Å². The van der Waals surface area contributed by atoms with Crippen molar-refractivity contribution < 1.29 is 24.5 Å². The summed E-state index contributed by atoms with van der Waals surface area (Å²) in [5, 5.41) is 17.6. The van der Waals surface area contributed by atoms with E-state index in [-0.39, 0.29) is 12.2 Å². The van der Waals surface area contributed by atoms with Crippen LogP contribution in [0, 0.1) is 11.8 Å². The monoisotopic (exact) mass is 186 g/mol. The first kappa shape index (κ1) is 8.50. The fourth-order valence-corrected chi connectivity index (χ4v) is 2.31. The zero-order chi connectivity index (χ0) is 9.59. The molecule has 2 fully saturated rings. The van der Waals surface area contributed by atoms with Crippen LogP contribution in [-0.2, 0) is 14.3 Å². The van der Waals surface area contributed by atoms with Gasteiger partial charge in [0.05, 0.1) is 24.0 Å². The molecule has 72 valence electrons. The summed E-state index contributed by atoms with van der Waals surface area (Å²) in [6, 6.07) is 0. The number of carboxylic acid groups (broad SMARTS) is 2. The number of hydrogen-bond acceptors (Lipinski definition) is 3. The maximum Gasteiger partial charge on any atom is 0.310 e. The van der Waals surface area contributed by atoms with Crippen molar-refractivity contribution in [3.8, 4) is 0 Å². The van der Waals surface area contributed by atoms with E-state index in [1.165, 1.54) is 0 Å². The summed E-state index contributed by atoms with van der Waals surface area (Å²) >= 11 is 0. The van der Waals surface area contributed by atoms with Crippen molar-refractivity contribution in [3.05, 3.63) is 0 Å². The van der Waals surface area contributed by atoms with Crippen LogP contribution in [0.2, 0.25) is 0 Å². The van der Waals surface area contributed by atoms with Crippen LogP contribution in [0.5, 0.6) is 0 Å². The van der Waals surface area contributed by atoms with Gasteiger partial charge in [0.2, 0.25) is 0 Å². The van der Waals surface area contributed by atoms with Gasteiger partial charge in [-0.25, -0.2) is 0 Å². The molecule has 0 aliphatic carbocycles. The third-order valence-electron chi connectivity index (χ3n) is 2.84. The smallest absolute Gasteiger partial charge is 0.310 e. The zero-order valence-corrected chi connectivity index (χ0v) is 6.84. The molecule has 0 aromatic rings. The molecule has 0 aromatic carbocycles. The molecule has 0 amide bonds. The normalized spacial score (nSPS) is 42.2. The average molecular weight is 186 g/mol. The number of rotatable bonds is 2. The maximum atomic E-state index is 10.8. The Morgan fingerprint density at radius 1 is 1.00 bits per heavy atom. The molecular weight excluding hydrogens is 176 g/mol. The van der Waals surface area contributed by atoms with Gasteiger partial charge in [0.1, 0.15) is 0 Å². The fraction of sp³-hybridized carbons (Fsp3) is 0.750. The molecule has 2 bridgehead atoms. The summed E-state index contributed by atoms with van der Waals surface area (Å²) in [4.78, 5) is 21.5. The zero-order valence-electron chi connectivity index (χ0n) is 6.84. The highest BCUT2D eigenvalue weighted by atomic mass is 16.5. The van der Waals surface area contributed by atoms with Gasteiger partial charge in [0, 0.05) is 0 Å². The molecule has 4 atom stereocenters. The molecule has 0 aromatic heterocycles. The molecule has 2 rings (SSSR count). The first-order chi connectivity index (χ1) is 6.11. The van der Waals surface area contributed by atoms with Crippen LogP contribution >= 0.6 is 0 Å². The predicted octanol–water partition coefficient (Wildman–Crippen LogP) is -0.0508. The first-order valence-corrected chi connectivity index (χ1v) is 4.22. The van der Waals surface area contributed by atoms with E-state index in [1.807, 2.05) is 0 Å². The lowest BCUT2D eigenvalue weighted by molar-refractivity contribution is -0.154. The molecular formula is C8H10O5. The van der Waals surface area contributed by atoms with Crippen molar-refractivity contribution in [3.63, 3.8) is 0 Å². The Hall–Kier alpha value is -1.10.